The molecule has 0 radical (unpaired) electrons. The molecule has 0 aromatic heterocycles. The van der Waals surface area contributed by atoms with Crippen molar-refractivity contribution in [3.8, 4) is 0 Å². The first-order valence-electron chi connectivity index (χ1n) is 7.14. The van der Waals surface area contributed by atoms with E-state index in [1.807, 2.05) is 6.07 Å². The lowest BCUT2D eigenvalue weighted by atomic mass is 9.92. The lowest BCUT2D eigenvalue weighted by Crippen LogP contribution is -2.38. The fourth-order valence-corrected chi connectivity index (χ4v) is 3.62. The fourth-order valence-electron chi connectivity index (χ4n) is 3.11. The van der Waals surface area contributed by atoms with Crippen LogP contribution in [0.4, 0.5) is 4.39 Å². The maximum absolute atomic E-state index is 13.5. The molecule has 2 nitrogen and oxygen atoms in total. The van der Waals surface area contributed by atoms with Crippen LogP contribution in [-0.4, -0.2) is 18.0 Å². The average Bonchev–Trinajstić information content (AvgIpc) is 2.46. The van der Waals surface area contributed by atoms with Gasteiger partial charge in [-0.2, -0.15) is 0 Å². The van der Waals surface area contributed by atoms with Crippen molar-refractivity contribution in [1.82, 2.24) is 4.90 Å². The first kappa shape index (κ1) is 14.7. The molecule has 0 saturated heterocycles. The molecule has 0 fully saturated rings. The summed E-state index contributed by atoms with van der Waals surface area (Å²) in [5.41, 5.74) is 9.66. The molecule has 2 aromatic rings. The van der Waals surface area contributed by atoms with Gasteiger partial charge in [-0.05, 0) is 41.3 Å². The molecule has 4 heteroatoms. The van der Waals surface area contributed by atoms with Crippen LogP contribution in [0, 0.1) is 5.82 Å². The molecule has 2 N–H and O–H groups in total. The van der Waals surface area contributed by atoms with Crippen LogP contribution in [0.15, 0.2) is 46.9 Å². The third-order valence-electron chi connectivity index (χ3n) is 4.05. The summed E-state index contributed by atoms with van der Waals surface area (Å²) in [5.74, 6) is -0.207. The van der Waals surface area contributed by atoms with Gasteiger partial charge in [0.05, 0.1) is 0 Å². The topological polar surface area (TPSA) is 29.3 Å². The summed E-state index contributed by atoms with van der Waals surface area (Å²) >= 11 is 3.35. The van der Waals surface area contributed by atoms with Crippen molar-refractivity contribution in [2.45, 2.75) is 19.0 Å². The van der Waals surface area contributed by atoms with Gasteiger partial charge in [0.25, 0.3) is 0 Å². The Bertz CT molecular complexity index is 624. The standard InChI is InChI=1S/C17H18BrFN2/c18-14-7-12(8-15(19)9-14)11-21-6-5-13-3-1-2-4-16(13)17(21)10-20/h1-4,7-9,17H,5-6,10-11,20H2. The Balaban J connectivity index is 1.86. The minimum absolute atomic E-state index is 0.206. The predicted molar refractivity (Wildman–Crippen MR) is 86.5 cm³/mol. The first-order chi connectivity index (χ1) is 10.2. The van der Waals surface area contributed by atoms with Gasteiger partial charge in [0.1, 0.15) is 5.82 Å². The maximum Gasteiger partial charge on any atom is 0.124 e. The molecule has 21 heavy (non-hydrogen) atoms. The van der Waals surface area contributed by atoms with Crippen LogP contribution in [-0.2, 0) is 13.0 Å². The van der Waals surface area contributed by atoms with Gasteiger partial charge in [-0.1, -0.05) is 40.2 Å². The highest BCUT2D eigenvalue weighted by Crippen LogP contribution is 2.30. The Morgan fingerprint density at radius 3 is 2.81 bits per heavy atom. The van der Waals surface area contributed by atoms with Gasteiger partial charge in [0.2, 0.25) is 0 Å². The minimum atomic E-state index is -0.207. The second kappa shape index (κ2) is 6.26. The van der Waals surface area contributed by atoms with Gasteiger partial charge in [-0.25, -0.2) is 4.39 Å². The molecule has 1 aliphatic rings. The Morgan fingerprint density at radius 2 is 2.05 bits per heavy atom. The largest absolute Gasteiger partial charge is 0.329 e. The Morgan fingerprint density at radius 1 is 1.24 bits per heavy atom. The Hall–Kier alpha value is -1.23. The van der Waals surface area contributed by atoms with E-state index in [0.717, 1.165) is 23.0 Å². The fraction of sp³-hybridized carbons (Fsp3) is 0.294. The second-order valence-corrected chi connectivity index (χ2v) is 6.36. The number of benzene rings is 2. The number of fused-ring (bicyclic) bond motifs is 1. The normalized spacial score (nSPS) is 18.5. The van der Waals surface area contributed by atoms with E-state index in [4.69, 9.17) is 5.73 Å². The third kappa shape index (κ3) is 3.18. The van der Waals surface area contributed by atoms with Gasteiger partial charge in [-0.3, -0.25) is 4.90 Å². The summed E-state index contributed by atoms with van der Waals surface area (Å²) in [7, 11) is 0. The van der Waals surface area contributed by atoms with Crippen molar-refractivity contribution >= 4 is 15.9 Å². The number of halogens is 2. The summed E-state index contributed by atoms with van der Waals surface area (Å²) < 4.78 is 14.3. The van der Waals surface area contributed by atoms with Crippen LogP contribution >= 0.6 is 15.9 Å². The monoisotopic (exact) mass is 348 g/mol. The molecule has 1 heterocycles. The SMILES string of the molecule is NCC1c2ccccc2CCN1Cc1cc(F)cc(Br)c1. The van der Waals surface area contributed by atoms with Crippen molar-refractivity contribution in [3.63, 3.8) is 0 Å². The maximum atomic E-state index is 13.5. The van der Waals surface area contributed by atoms with Crippen molar-refractivity contribution in [2.75, 3.05) is 13.1 Å². The van der Waals surface area contributed by atoms with Gasteiger partial charge in [0, 0.05) is 30.1 Å². The van der Waals surface area contributed by atoms with Gasteiger partial charge >= 0.3 is 0 Å². The molecule has 110 valence electrons. The number of rotatable bonds is 3. The number of hydrogen-bond acceptors (Lipinski definition) is 2. The molecular formula is C17H18BrFN2. The lowest BCUT2D eigenvalue weighted by molar-refractivity contribution is 0.180. The van der Waals surface area contributed by atoms with Crippen LogP contribution in [0.25, 0.3) is 0 Å². The van der Waals surface area contributed by atoms with E-state index in [1.54, 1.807) is 6.07 Å². The zero-order valence-electron chi connectivity index (χ0n) is 11.7. The first-order valence-corrected chi connectivity index (χ1v) is 7.93. The molecule has 1 aliphatic heterocycles. The summed E-state index contributed by atoms with van der Waals surface area (Å²) in [5, 5.41) is 0. The number of nitrogens with zero attached hydrogens (tertiary/aromatic N) is 1. The molecule has 0 aliphatic carbocycles. The molecule has 3 rings (SSSR count). The quantitative estimate of drug-likeness (QED) is 0.917. The Kier molecular flexibility index (Phi) is 4.38. The van der Waals surface area contributed by atoms with Crippen LogP contribution in [0.1, 0.15) is 22.7 Å². The molecule has 0 amide bonds. The van der Waals surface area contributed by atoms with E-state index < -0.39 is 0 Å². The van der Waals surface area contributed by atoms with Crippen molar-refractivity contribution in [3.05, 3.63) is 69.4 Å². The molecule has 1 atom stereocenters. The van der Waals surface area contributed by atoms with Gasteiger partial charge < -0.3 is 5.73 Å². The minimum Gasteiger partial charge on any atom is -0.329 e. The van der Waals surface area contributed by atoms with Crippen molar-refractivity contribution < 1.29 is 4.39 Å². The zero-order chi connectivity index (χ0) is 14.8. The van der Waals surface area contributed by atoms with Crippen LogP contribution in [0.2, 0.25) is 0 Å². The molecule has 0 saturated carbocycles. The highest BCUT2D eigenvalue weighted by molar-refractivity contribution is 9.10. The van der Waals surface area contributed by atoms with Crippen molar-refractivity contribution in [1.29, 1.82) is 0 Å². The van der Waals surface area contributed by atoms with Crippen LogP contribution < -0.4 is 5.73 Å². The van der Waals surface area contributed by atoms with Gasteiger partial charge in [-0.15, -0.1) is 0 Å². The smallest absolute Gasteiger partial charge is 0.124 e. The number of nitrogens with two attached hydrogens (primary N) is 1. The molecule has 1 unspecified atom stereocenters. The van der Waals surface area contributed by atoms with Crippen LogP contribution in [0.3, 0.4) is 0 Å². The highest BCUT2D eigenvalue weighted by Gasteiger charge is 2.25. The van der Waals surface area contributed by atoms with Gasteiger partial charge in [0.15, 0.2) is 0 Å². The average molecular weight is 349 g/mol. The number of hydrogen-bond donors (Lipinski definition) is 1. The summed E-state index contributed by atoms with van der Waals surface area (Å²) in [6.45, 7) is 2.24. The van der Waals surface area contributed by atoms with E-state index in [9.17, 15) is 4.39 Å². The zero-order valence-corrected chi connectivity index (χ0v) is 13.3. The van der Waals surface area contributed by atoms with E-state index in [-0.39, 0.29) is 11.9 Å². The summed E-state index contributed by atoms with van der Waals surface area (Å²) in [6.07, 6.45) is 1.02. The predicted octanol–water partition coefficient (Wildman–Crippen LogP) is 3.65. The van der Waals surface area contributed by atoms with Crippen LogP contribution in [0.5, 0.6) is 0 Å². The molecule has 2 aromatic carbocycles. The van der Waals surface area contributed by atoms with E-state index in [1.165, 1.54) is 17.2 Å². The molecular weight excluding hydrogens is 331 g/mol. The van der Waals surface area contributed by atoms with Crippen molar-refractivity contribution in [2.24, 2.45) is 5.73 Å². The van der Waals surface area contributed by atoms with E-state index in [0.29, 0.717) is 13.1 Å². The molecule has 0 spiro atoms. The summed E-state index contributed by atoms with van der Waals surface area (Å²) in [4.78, 5) is 2.34. The van der Waals surface area contributed by atoms with E-state index in [2.05, 4.69) is 45.1 Å². The summed E-state index contributed by atoms with van der Waals surface area (Å²) in [6, 6.07) is 13.7. The third-order valence-corrected chi connectivity index (χ3v) is 4.51. The van der Waals surface area contributed by atoms with E-state index >= 15 is 0 Å². The Labute approximate surface area is 132 Å². The lowest BCUT2D eigenvalue weighted by Gasteiger charge is -2.36. The second-order valence-electron chi connectivity index (χ2n) is 5.45. The highest BCUT2D eigenvalue weighted by atomic mass is 79.9. The molecule has 0 bridgehead atoms.